The first kappa shape index (κ1) is 14.3. The molecule has 0 aliphatic rings. The molecule has 0 saturated carbocycles. The van der Waals surface area contributed by atoms with Gasteiger partial charge in [-0.25, -0.2) is 17.8 Å². The summed E-state index contributed by atoms with van der Waals surface area (Å²) in [5.41, 5.74) is 0.413. The summed E-state index contributed by atoms with van der Waals surface area (Å²) in [7, 11) is -3.63. The second-order valence-electron chi connectivity index (χ2n) is 3.68. The van der Waals surface area contributed by atoms with Crippen LogP contribution in [0.5, 0.6) is 0 Å². The van der Waals surface area contributed by atoms with Gasteiger partial charge in [-0.1, -0.05) is 30.1 Å². The fraction of sp³-hybridized carbons (Fsp3) is 0.182. The Bertz CT molecular complexity index is 698. The van der Waals surface area contributed by atoms with Crippen molar-refractivity contribution >= 4 is 33.2 Å². The van der Waals surface area contributed by atoms with Crippen molar-refractivity contribution < 1.29 is 8.42 Å². The third-order valence-electron chi connectivity index (χ3n) is 2.35. The molecule has 1 aromatic heterocycles. The fourth-order valence-corrected chi connectivity index (χ4v) is 3.09. The molecule has 0 unspecified atom stereocenters. The van der Waals surface area contributed by atoms with E-state index in [-0.39, 0.29) is 11.6 Å². The number of hydrogen-bond donors (Lipinski definition) is 1. The Morgan fingerprint density at radius 2 is 2.05 bits per heavy atom. The predicted molar refractivity (Wildman–Crippen MR) is 74.4 cm³/mol. The van der Waals surface area contributed by atoms with Gasteiger partial charge in [0, 0.05) is 11.6 Å². The molecular weight excluding hydrogens is 309 g/mol. The van der Waals surface area contributed by atoms with Gasteiger partial charge in [0.2, 0.25) is 0 Å². The highest BCUT2D eigenvalue weighted by Gasteiger charge is 2.20. The Kier molecular flexibility index (Phi) is 4.15. The lowest BCUT2D eigenvalue weighted by Crippen LogP contribution is -2.25. The van der Waals surface area contributed by atoms with Crippen molar-refractivity contribution in [2.75, 3.05) is 6.54 Å². The Labute approximate surface area is 121 Å². The van der Waals surface area contributed by atoms with Crippen LogP contribution in [0.1, 0.15) is 6.92 Å². The number of aromatic nitrogens is 2. The maximum atomic E-state index is 12.0. The van der Waals surface area contributed by atoms with Crippen LogP contribution in [0.4, 0.5) is 0 Å². The number of nitrogens with one attached hydrogen (secondary N) is 1. The van der Waals surface area contributed by atoms with E-state index in [0.717, 1.165) is 0 Å². The van der Waals surface area contributed by atoms with Crippen LogP contribution in [0.25, 0.3) is 5.69 Å². The van der Waals surface area contributed by atoms with Gasteiger partial charge in [0.1, 0.15) is 0 Å². The monoisotopic (exact) mass is 319 g/mol. The molecule has 0 aliphatic carbocycles. The second kappa shape index (κ2) is 5.50. The molecule has 0 aliphatic heterocycles. The van der Waals surface area contributed by atoms with E-state index >= 15 is 0 Å². The minimum Gasteiger partial charge on any atom is -0.219 e. The molecule has 1 N–H and O–H groups in total. The standard InChI is InChI=1S/C11H11Cl2N3O2S/c1-2-15-19(17,18)11-5-6-14-16(11)10-7-8(12)3-4-9(10)13/h3-7,15H,2H2,1H3. The molecule has 0 saturated heterocycles. The van der Waals surface area contributed by atoms with Crippen molar-refractivity contribution in [1.82, 2.24) is 14.5 Å². The van der Waals surface area contributed by atoms with Gasteiger partial charge < -0.3 is 0 Å². The zero-order valence-electron chi connectivity index (χ0n) is 9.97. The number of hydrogen-bond acceptors (Lipinski definition) is 3. The topological polar surface area (TPSA) is 64.0 Å². The van der Waals surface area contributed by atoms with Gasteiger partial charge in [-0.2, -0.15) is 5.10 Å². The maximum absolute atomic E-state index is 12.0. The van der Waals surface area contributed by atoms with E-state index in [9.17, 15) is 8.42 Å². The average Bonchev–Trinajstić information content (AvgIpc) is 2.82. The summed E-state index contributed by atoms with van der Waals surface area (Å²) in [6, 6.07) is 6.16. The smallest absolute Gasteiger partial charge is 0.219 e. The molecule has 0 spiro atoms. The molecule has 5 nitrogen and oxygen atoms in total. The molecule has 0 amide bonds. The first-order chi connectivity index (χ1) is 8.95. The van der Waals surface area contributed by atoms with E-state index in [1.165, 1.54) is 16.9 Å². The highest BCUT2D eigenvalue weighted by atomic mass is 35.5. The Balaban J connectivity index is 2.60. The molecule has 0 atom stereocenters. The molecule has 102 valence electrons. The molecule has 19 heavy (non-hydrogen) atoms. The van der Waals surface area contributed by atoms with E-state index in [2.05, 4.69) is 9.82 Å². The van der Waals surface area contributed by atoms with Gasteiger partial charge in [-0.3, -0.25) is 0 Å². The van der Waals surface area contributed by atoms with Crippen LogP contribution in [0, 0.1) is 0 Å². The van der Waals surface area contributed by atoms with Crippen LogP contribution in [0.3, 0.4) is 0 Å². The van der Waals surface area contributed by atoms with Crippen LogP contribution >= 0.6 is 23.2 Å². The zero-order valence-corrected chi connectivity index (χ0v) is 12.3. The summed E-state index contributed by atoms with van der Waals surface area (Å²) in [6.45, 7) is 1.99. The van der Waals surface area contributed by atoms with Crippen LogP contribution in [0.2, 0.25) is 10.0 Å². The predicted octanol–water partition coefficient (Wildman–Crippen LogP) is 2.48. The minimum absolute atomic E-state index is 0.0125. The molecule has 0 radical (unpaired) electrons. The molecular formula is C11H11Cl2N3O2S. The van der Waals surface area contributed by atoms with E-state index in [4.69, 9.17) is 23.2 Å². The van der Waals surface area contributed by atoms with E-state index in [0.29, 0.717) is 15.7 Å². The second-order valence-corrected chi connectivity index (χ2v) is 6.24. The molecule has 0 bridgehead atoms. The highest BCUT2D eigenvalue weighted by Crippen LogP contribution is 2.26. The largest absolute Gasteiger partial charge is 0.258 e. The summed E-state index contributed by atoms with van der Waals surface area (Å²) < 4.78 is 27.7. The van der Waals surface area contributed by atoms with Crippen molar-refractivity contribution in [3.05, 3.63) is 40.5 Å². The lowest BCUT2D eigenvalue weighted by atomic mass is 10.3. The molecule has 2 rings (SSSR count). The normalized spacial score (nSPS) is 11.7. The summed E-state index contributed by atoms with van der Waals surface area (Å²) in [5, 5.41) is 4.81. The van der Waals surface area contributed by atoms with Crippen molar-refractivity contribution in [1.29, 1.82) is 0 Å². The Hall–Kier alpha value is -1.08. The van der Waals surface area contributed by atoms with Crippen molar-refractivity contribution in [2.45, 2.75) is 11.9 Å². The third kappa shape index (κ3) is 2.92. The quantitative estimate of drug-likeness (QED) is 0.941. The van der Waals surface area contributed by atoms with E-state index in [1.807, 2.05) is 0 Å². The average molecular weight is 320 g/mol. The van der Waals surface area contributed by atoms with Gasteiger partial charge in [0.25, 0.3) is 10.0 Å². The van der Waals surface area contributed by atoms with Crippen molar-refractivity contribution in [3.8, 4) is 5.69 Å². The van der Waals surface area contributed by atoms with Gasteiger partial charge in [0.05, 0.1) is 16.9 Å². The van der Waals surface area contributed by atoms with Gasteiger partial charge in [-0.05, 0) is 24.3 Å². The maximum Gasteiger partial charge on any atom is 0.258 e. The van der Waals surface area contributed by atoms with Gasteiger partial charge >= 0.3 is 0 Å². The first-order valence-corrected chi connectivity index (χ1v) is 7.68. The molecule has 0 fully saturated rings. The van der Waals surface area contributed by atoms with Crippen molar-refractivity contribution in [2.24, 2.45) is 0 Å². The number of rotatable bonds is 4. The number of sulfonamides is 1. The Morgan fingerprint density at radius 3 is 2.74 bits per heavy atom. The van der Waals surface area contributed by atoms with Gasteiger partial charge in [-0.15, -0.1) is 0 Å². The van der Waals surface area contributed by atoms with Crippen molar-refractivity contribution in [3.63, 3.8) is 0 Å². The lowest BCUT2D eigenvalue weighted by molar-refractivity contribution is 0.573. The van der Waals surface area contributed by atoms with Crippen LogP contribution in [-0.2, 0) is 10.0 Å². The highest BCUT2D eigenvalue weighted by molar-refractivity contribution is 7.89. The van der Waals surface area contributed by atoms with E-state index in [1.54, 1.807) is 25.1 Å². The van der Waals surface area contributed by atoms with Crippen LogP contribution in [-0.4, -0.2) is 24.7 Å². The fourth-order valence-electron chi connectivity index (χ4n) is 1.59. The van der Waals surface area contributed by atoms with E-state index < -0.39 is 10.0 Å². The molecule has 1 heterocycles. The van der Waals surface area contributed by atoms with Crippen LogP contribution in [0.15, 0.2) is 35.5 Å². The summed E-state index contributed by atoms with van der Waals surface area (Å²) in [5.74, 6) is 0. The molecule has 1 aromatic carbocycles. The summed E-state index contributed by atoms with van der Waals surface area (Å²) >= 11 is 11.9. The molecule has 8 heteroatoms. The number of halogens is 2. The lowest BCUT2D eigenvalue weighted by Gasteiger charge is -2.10. The van der Waals surface area contributed by atoms with Crippen LogP contribution < -0.4 is 4.72 Å². The SMILES string of the molecule is CCNS(=O)(=O)c1ccnn1-c1cc(Cl)ccc1Cl. The number of nitrogens with zero attached hydrogens (tertiary/aromatic N) is 2. The first-order valence-electron chi connectivity index (χ1n) is 5.45. The van der Waals surface area contributed by atoms with Gasteiger partial charge in [0.15, 0.2) is 5.03 Å². The Morgan fingerprint density at radius 1 is 1.32 bits per heavy atom. The zero-order chi connectivity index (χ0) is 14.0. The third-order valence-corrected chi connectivity index (χ3v) is 4.44. The number of benzene rings is 1. The minimum atomic E-state index is -3.63. The summed E-state index contributed by atoms with van der Waals surface area (Å²) in [6.07, 6.45) is 1.39. The summed E-state index contributed by atoms with van der Waals surface area (Å²) in [4.78, 5) is 0. The molecule has 2 aromatic rings.